The van der Waals surface area contributed by atoms with Crippen LogP contribution < -0.4 is 19.6 Å². The number of para-hydroxylation sites is 6. The summed E-state index contributed by atoms with van der Waals surface area (Å²) in [6.07, 6.45) is 0. The highest BCUT2D eigenvalue weighted by Gasteiger charge is 2.26. The quantitative estimate of drug-likeness (QED) is 0.0949. The maximum atomic E-state index is 16.7. The van der Waals surface area contributed by atoms with Gasteiger partial charge in [0.2, 0.25) is 0 Å². The number of nitrogens with zero attached hydrogens (tertiary/aromatic N) is 4. The van der Waals surface area contributed by atoms with Crippen LogP contribution in [0.4, 0.5) is 85.8 Å². The first-order chi connectivity index (χ1) is 39.8. The standard InChI is InChI=1S/C73H52F4N4/c1-51-45-64(79(56-24-10-3-11-25-56)57-26-12-4-13-27-57)43-44-67(51)53-37-41-62(42-38-53)78(55-22-8-2-9-23-55)61-39-35-52(36-40-61)54-21-20-34-63(46-54)81(60-32-18-7-19-33-60)66-49-70(76)73(71(77)50-66)72-68(74)47-65(48-69(72)75)80(58-28-14-5-15-29-58)59-30-16-6-17-31-59/h2-50H,1H3. The number of rotatable bonds is 15. The Kier molecular flexibility index (Phi) is 14.5. The Morgan fingerprint density at radius 2 is 0.481 bits per heavy atom. The number of halogens is 4. The molecule has 0 heterocycles. The molecular formula is C73H52F4N4. The van der Waals surface area contributed by atoms with Crippen molar-refractivity contribution in [1.29, 1.82) is 0 Å². The summed E-state index contributed by atoms with van der Waals surface area (Å²) < 4.78 is 66.1. The van der Waals surface area contributed by atoms with Crippen molar-refractivity contribution in [3.8, 4) is 33.4 Å². The van der Waals surface area contributed by atoms with E-state index in [4.69, 9.17) is 0 Å². The van der Waals surface area contributed by atoms with Crippen molar-refractivity contribution in [3.05, 3.63) is 326 Å². The van der Waals surface area contributed by atoms with Crippen molar-refractivity contribution in [2.75, 3.05) is 19.6 Å². The van der Waals surface area contributed by atoms with Gasteiger partial charge in [-0.1, -0.05) is 152 Å². The maximum Gasteiger partial charge on any atom is 0.136 e. The Balaban J connectivity index is 0.835. The van der Waals surface area contributed by atoms with Gasteiger partial charge >= 0.3 is 0 Å². The van der Waals surface area contributed by atoms with E-state index in [1.807, 2.05) is 146 Å². The van der Waals surface area contributed by atoms with Crippen LogP contribution in [0.1, 0.15) is 5.56 Å². The van der Waals surface area contributed by atoms with Crippen molar-refractivity contribution in [1.82, 2.24) is 0 Å². The molecule has 12 aromatic rings. The fourth-order valence-corrected chi connectivity index (χ4v) is 10.6. The Labute approximate surface area is 469 Å². The molecule has 0 unspecified atom stereocenters. The lowest BCUT2D eigenvalue weighted by Crippen LogP contribution is -2.12. The van der Waals surface area contributed by atoms with Gasteiger partial charge in [-0.25, -0.2) is 17.6 Å². The SMILES string of the molecule is Cc1cc(N(c2ccccc2)c2ccccc2)ccc1-c1ccc(N(c2ccccc2)c2ccc(-c3cccc(N(c4ccccc4)c4cc(F)c(-c5c(F)cc(N(c6ccccc6)c6ccccc6)cc5F)c(F)c4)c3)cc2)cc1. The van der Waals surface area contributed by atoms with Crippen LogP contribution in [-0.4, -0.2) is 0 Å². The molecule has 0 aliphatic rings. The fraction of sp³-hybridized carbons (Fsp3) is 0.0137. The molecule has 392 valence electrons. The van der Waals surface area contributed by atoms with Gasteiger partial charge < -0.3 is 19.6 Å². The normalized spacial score (nSPS) is 11.0. The molecule has 0 bridgehead atoms. The van der Waals surface area contributed by atoms with Gasteiger partial charge in [0.25, 0.3) is 0 Å². The molecule has 0 fully saturated rings. The smallest absolute Gasteiger partial charge is 0.136 e. The Hall–Kier alpha value is -10.4. The molecule has 0 saturated heterocycles. The lowest BCUT2D eigenvalue weighted by molar-refractivity contribution is 0.564. The van der Waals surface area contributed by atoms with Gasteiger partial charge in [0.1, 0.15) is 23.3 Å². The molecule has 4 nitrogen and oxygen atoms in total. The van der Waals surface area contributed by atoms with Gasteiger partial charge in [0.15, 0.2) is 0 Å². The van der Waals surface area contributed by atoms with Crippen LogP contribution in [-0.2, 0) is 0 Å². The molecule has 12 rings (SSSR count). The van der Waals surface area contributed by atoms with E-state index < -0.39 is 34.4 Å². The summed E-state index contributed by atoms with van der Waals surface area (Å²) in [6, 6.07) is 94.2. The highest BCUT2D eigenvalue weighted by atomic mass is 19.1. The van der Waals surface area contributed by atoms with Gasteiger partial charge in [-0.3, -0.25) is 0 Å². The predicted molar refractivity (Wildman–Crippen MR) is 326 cm³/mol. The summed E-state index contributed by atoms with van der Waals surface area (Å²) in [5.41, 5.74) is 12.5. The van der Waals surface area contributed by atoms with Crippen LogP contribution in [0.2, 0.25) is 0 Å². The Morgan fingerprint density at radius 1 is 0.210 bits per heavy atom. The van der Waals surface area contributed by atoms with E-state index >= 15 is 17.6 Å². The van der Waals surface area contributed by atoms with Gasteiger partial charge in [-0.15, -0.1) is 0 Å². The second kappa shape index (κ2) is 22.9. The van der Waals surface area contributed by atoms with Crippen molar-refractivity contribution < 1.29 is 17.6 Å². The van der Waals surface area contributed by atoms with Crippen LogP contribution in [0.25, 0.3) is 33.4 Å². The topological polar surface area (TPSA) is 13.0 Å². The van der Waals surface area contributed by atoms with E-state index in [0.717, 1.165) is 86.2 Å². The molecule has 0 aliphatic heterocycles. The molecule has 0 amide bonds. The summed E-state index contributed by atoms with van der Waals surface area (Å²) in [5, 5.41) is 0. The van der Waals surface area contributed by atoms with E-state index in [2.05, 4.69) is 144 Å². The second-order valence-corrected chi connectivity index (χ2v) is 19.6. The molecule has 0 saturated carbocycles. The van der Waals surface area contributed by atoms with Gasteiger partial charge in [0, 0.05) is 56.9 Å². The molecule has 0 atom stereocenters. The second-order valence-electron chi connectivity index (χ2n) is 19.6. The summed E-state index contributed by atoms with van der Waals surface area (Å²) in [5.74, 6) is -4.47. The lowest BCUT2D eigenvalue weighted by Gasteiger charge is -2.27. The molecule has 0 aromatic heterocycles. The van der Waals surface area contributed by atoms with Gasteiger partial charge in [-0.05, 0) is 180 Å². The Morgan fingerprint density at radius 3 is 0.840 bits per heavy atom. The number of hydrogen-bond donors (Lipinski definition) is 0. The van der Waals surface area contributed by atoms with Gasteiger partial charge in [-0.2, -0.15) is 0 Å². The summed E-state index contributed by atoms with van der Waals surface area (Å²) in [7, 11) is 0. The first kappa shape index (κ1) is 51.3. The summed E-state index contributed by atoms with van der Waals surface area (Å²) in [4.78, 5) is 7.89. The minimum atomic E-state index is -1.12. The third-order valence-corrected chi connectivity index (χ3v) is 14.4. The summed E-state index contributed by atoms with van der Waals surface area (Å²) >= 11 is 0. The minimum Gasteiger partial charge on any atom is -0.311 e. The van der Waals surface area contributed by atoms with E-state index in [-0.39, 0.29) is 11.4 Å². The van der Waals surface area contributed by atoms with E-state index in [9.17, 15) is 0 Å². The fourth-order valence-electron chi connectivity index (χ4n) is 10.6. The van der Waals surface area contributed by atoms with Crippen molar-refractivity contribution in [3.63, 3.8) is 0 Å². The van der Waals surface area contributed by atoms with E-state index in [1.165, 1.54) is 0 Å². The van der Waals surface area contributed by atoms with Crippen LogP contribution >= 0.6 is 0 Å². The molecule has 0 spiro atoms. The summed E-state index contributed by atoms with van der Waals surface area (Å²) in [6.45, 7) is 2.16. The van der Waals surface area contributed by atoms with E-state index in [0.29, 0.717) is 22.7 Å². The zero-order valence-electron chi connectivity index (χ0n) is 44.1. The van der Waals surface area contributed by atoms with Crippen LogP contribution in [0, 0.1) is 30.2 Å². The minimum absolute atomic E-state index is 0.124. The number of aryl methyl sites for hydroxylation is 1. The number of benzene rings is 12. The first-order valence-electron chi connectivity index (χ1n) is 26.7. The van der Waals surface area contributed by atoms with Crippen molar-refractivity contribution >= 4 is 68.2 Å². The van der Waals surface area contributed by atoms with Crippen LogP contribution in [0.3, 0.4) is 0 Å². The molecule has 0 radical (unpaired) electrons. The molecule has 12 aromatic carbocycles. The average molecular weight is 1060 g/mol. The molecular weight excluding hydrogens is 1010 g/mol. The monoisotopic (exact) mass is 1060 g/mol. The van der Waals surface area contributed by atoms with Crippen LogP contribution in [0.15, 0.2) is 297 Å². The highest BCUT2D eigenvalue weighted by molar-refractivity contribution is 5.86. The predicted octanol–water partition coefficient (Wildman–Crippen LogP) is 21.4. The largest absolute Gasteiger partial charge is 0.311 e. The number of anilines is 12. The van der Waals surface area contributed by atoms with Gasteiger partial charge in [0.05, 0.1) is 22.5 Å². The molecule has 8 heteroatoms. The van der Waals surface area contributed by atoms with E-state index in [1.54, 1.807) is 9.80 Å². The zero-order chi connectivity index (χ0) is 55.2. The highest BCUT2D eigenvalue weighted by Crippen LogP contribution is 2.44. The maximum absolute atomic E-state index is 16.7. The zero-order valence-corrected chi connectivity index (χ0v) is 44.1. The van der Waals surface area contributed by atoms with Crippen molar-refractivity contribution in [2.45, 2.75) is 6.92 Å². The van der Waals surface area contributed by atoms with Crippen molar-refractivity contribution in [2.24, 2.45) is 0 Å². The molecule has 0 aliphatic carbocycles. The lowest BCUT2D eigenvalue weighted by atomic mass is 9.98. The third kappa shape index (κ3) is 10.7. The average Bonchev–Trinajstić information content (AvgIpc) is 3.67. The molecule has 0 N–H and O–H groups in total. The molecule has 81 heavy (non-hydrogen) atoms. The number of hydrogen-bond acceptors (Lipinski definition) is 4. The first-order valence-corrected chi connectivity index (χ1v) is 26.7. The Bertz CT molecular complexity index is 3970. The van der Waals surface area contributed by atoms with Crippen LogP contribution in [0.5, 0.6) is 0 Å². The third-order valence-electron chi connectivity index (χ3n) is 14.4.